The Bertz CT molecular complexity index is 202. The van der Waals surface area contributed by atoms with Gasteiger partial charge in [0.15, 0.2) is 0 Å². The summed E-state index contributed by atoms with van der Waals surface area (Å²) in [6, 6.07) is 0. The van der Waals surface area contributed by atoms with E-state index in [0.29, 0.717) is 0 Å². The second kappa shape index (κ2) is 4.32. The van der Waals surface area contributed by atoms with E-state index in [4.69, 9.17) is 0 Å². The minimum absolute atomic E-state index is 0.783. The van der Waals surface area contributed by atoms with Crippen molar-refractivity contribution in [2.24, 2.45) is 0 Å². The first kappa shape index (κ1) is 16.0. The van der Waals surface area contributed by atoms with Crippen LogP contribution in [0.3, 0.4) is 0 Å². The number of halogens is 9. The maximum absolute atomic E-state index is 12.0. The molecule has 16 heavy (non-hydrogen) atoms. The van der Waals surface area contributed by atoms with E-state index in [0.717, 1.165) is 5.52 Å². The Balaban J connectivity index is 5.82. The van der Waals surface area contributed by atoms with Crippen LogP contribution in [0.5, 0.6) is 0 Å². The molecule has 0 aliphatic rings. The minimum atomic E-state index is -6.59. The quantitative estimate of drug-likeness (QED) is 0.560. The van der Waals surface area contributed by atoms with Gasteiger partial charge in [0.1, 0.15) is 0 Å². The van der Waals surface area contributed by atoms with Gasteiger partial charge in [-0.3, -0.25) is 0 Å². The summed E-state index contributed by atoms with van der Waals surface area (Å²) in [7, 11) is 0. The zero-order chi connectivity index (χ0) is 13.4. The summed E-state index contributed by atoms with van der Waals surface area (Å²) in [6.07, 6.45) is -19.8. The van der Waals surface area contributed by atoms with Gasteiger partial charge in [0, 0.05) is 0 Å². The summed E-state index contributed by atoms with van der Waals surface area (Å²) >= 11 is -3.01. The fraction of sp³-hybridized carbons (Fsp3) is 1.00. The summed E-state index contributed by atoms with van der Waals surface area (Å²) in [5.74, 6) is 0. The summed E-state index contributed by atoms with van der Waals surface area (Å²) < 4.78 is 111. The Morgan fingerprint density at radius 1 is 0.688 bits per heavy atom. The molecule has 0 unspecified atom stereocenters. The van der Waals surface area contributed by atoms with E-state index in [2.05, 4.69) is 3.56 Å². The molecule has 0 saturated carbocycles. The molecule has 0 saturated heterocycles. The first-order chi connectivity index (χ1) is 6.81. The predicted octanol–water partition coefficient (Wildman–Crippen LogP) is 3.47. The van der Waals surface area contributed by atoms with Crippen LogP contribution in [0.1, 0.15) is 0 Å². The molecule has 0 fully saturated rings. The molecule has 0 amide bonds. The summed E-state index contributed by atoms with van der Waals surface area (Å²) in [5.41, 5.74) is -5.27. The molecule has 0 atom stereocenters. The Labute approximate surface area is 90.9 Å². The van der Waals surface area contributed by atoms with Gasteiger partial charge in [-0.25, -0.2) is 0 Å². The molecule has 0 aromatic heterocycles. The van der Waals surface area contributed by atoms with Crippen LogP contribution in [0, 0.1) is 0 Å². The summed E-state index contributed by atoms with van der Waals surface area (Å²) in [5, 5.41) is 0. The molecule has 0 radical (unpaired) electrons. The molecule has 0 spiro atoms. The average Bonchev–Trinajstić information content (AvgIpc) is 1.91. The third-order valence-electron chi connectivity index (χ3n) is 1.56. The standard InChI is InChI=1S/C4F9O.CH3.Zn/c5-2(6,7)1(14,3(8,9)10)4(11,12)13;;/h;1H3;/q-1;;+1. The van der Waals surface area contributed by atoms with Crippen molar-refractivity contribution < 1.29 is 60.6 Å². The number of hydrogen-bond donors (Lipinski definition) is 0. The van der Waals surface area contributed by atoms with Gasteiger partial charge in [0.25, 0.3) is 0 Å². The van der Waals surface area contributed by atoms with Gasteiger partial charge in [0.05, 0.1) is 0 Å². The van der Waals surface area contributed by atoms with Gasteiger partial charge in [-0.1, -0.05) is 0 Å². The van der Waals surface area contributed by atoms with Crippen LogP contribution < -0.4 is 0 Å². The molecule has 0 aliphatic heterocycles. The second-order valence-electron chi connectivity index (χ2n) is 2.61. The Kier molecular flexibility index (Phi) is 4.31. The van der Waals surface area contributed by atoms with Gasteiger partial charge in [0.2, 0.25) is 0 Å². The molecule has 0 aromatic carbocycles. The molecule has 0 aromatic rings. The molecule has 1 nitrogen and oxygen atoms in total. The van der Waals surface area contributed by atoms with Gasteiger partial charge in [-0.05, 0) is 0 Å². The first-order valence-corrected chi connectivity index (χ1v) is 7.83. The summed E-state index contributed by atoms with van der Waals surface area (Å²) in [6.45, 7) is 0. The number of rotatable bonds is 2. The monoisotopic (exact) mass is 314 g/mol. The van der Waals surface area contributed by atoms with Gasteiger partial charge < -0.3 is 0 Å². The average molecular weight is 315 g/mol. The third kappa shape index (κ3) is 2.44. The third-order valence-corrected chi connectivity index (χ3v) is 3.07. The second-order valence-corrected chi connectivity index (χ2v) is 4.42. The molecule has 0 heterocycles. The van der Waals surface area contributed by atoms with Crippen molar-refractivity contribution in [3.63, 3.8) is 0 Å². The van der Waals surface area contributed by atoms with Crippen LogP contribution in [-0.2, 0) is 21.1 Å². The van der Waals surface area contributed by atoms with E-state index < -0.39 is 41.6 Å². The molecule has 94 valence electrons. The van der Waals surface area contributed by atoms with Crippen LogP contribution in [0.2, 0.25) is 5.52 Å². The number of alkyl halides is 9. The van der Waals surface area contributed by atoms with E-state index in [1.54, 1.807) is 0 Å². The maximum atomic E-state index is 12.0. The van der Waals surface area contributed by atoms with Crippen molar-refractivity contribution in [3.05, 3.63) is 0 Å². The zero-order valence-corrected chi connectivity index (χ0v) is 10.5. The van der Waals surface area contributed by atoms with E-state index in [1.807, 2.05) is 0 Å². The molecule has 0 N–H and O–H groups in total. The molecule has 0 rings (SSSR count). The number of hydrogen-bond acceptors (Lipinski definition) is 1. The van der Waals surface area contributed by atoms with Crippen molar-refractivity contribution >= 4 is 0 Å². The molecular weight excluding hydrogens is 312 g/mol. The van der Waals surface area contributed by atoms with Crippen LogP contribution in [0.25, 0.3) is 0 Å². The van der Waals surface area contributed by atoms with E-state index in [-0.39, 0.29) is 0 Å². The Morgan fingerprint density at radius 2 is 0.938 bits per heavy atom. The van der Waals surface area contributed by atoms with Crippen LogP contribution in [-0.4, -0.2) is 24.1 Å². The summed E-state index contributed by atoms with van der Waals surface area (Å²) in [4.78, 5) is 0. The van der Waals surface area contributed by atoms with Crippen LogP contribution in [0.15, 0.2) is 0 Å². The molecule has 0 aliphatic carbocycles. The van der Waals surface area contributed by atoms with Crippen molar-refractivity contribution in [2.45, 2.75) is 29.6 Å². The van der Waals surface area contributed by atoms with E-state index >= 15 is 0 Å². The van der Waals surface area contributed by atoms with Gasteiger partial charge >= 0.3 is 90.2 Å². The van der Waals surface area contributed by atoms with Crippen molar-refractivity contribution in [3.8, 4) is 0 Å². The van der Waals surface area contributed by atoms with Gasteiger partial charge in [-0.2, -0.15) is 0 Å². The van der Waals surface area contributed by atoms with Gasteiger partial charge in [-0.15, -0.1) is 0 Å². The molecular formula is C5H3F9OZn. The molecule has 0 bridgehead atoms. The zero-order valence-electron chi connectivity index (χ0n) is 7.52. The SMILES string of the molecule is [CH3][Zn][O]C(C(F)(F)F)(C(F)(F)F)C(F)(F)F. The van der Waals surface area contributed by atoms with Crippen LogP contribution in [0.4, 0.5) is 39.5 Å². The Morgan fingerprint density at radius 3 is 1.00 bits per heavy atom. The van der Waals surface area contributed by atoms with Crippen molar-refractivity contribution in [1.29, 1.82) is 0 Å². The van der Waals surface area contributed by atoms with Crippen LogP contribution >= 0.6 is 0 Å². The molecule has 11 heteroatoms. The first-order valence-electron chi connectivity index (χ1n) is 3.65. The normalized spacial score (nSPS) is 14.9. The fourth-order valence-corrected chi connectivity index (χ4v) is 2.88. The van der Waals surface area contributed by atoms with E-state index in [1.165, 1.54) is 0 Å². The van der Waals surface area contributed by atoms with E-state index in [9.17, 15) is 39.5 Å². The fourth-order valence-electron chi connectivity index (χ4n) is 0.944. The van der Waals surface area contributed by atoms with Crippen molar-refractivity contribution in [2.75, 3.05) is 0 Å². The topological polar surface area (TPSA) is 9.23 Å². The Hall–Kier alpha value is -0.0466. The predicted molar refractivity (Wildman–Crippen MR) is 27.8 cm³/mol. The van der Waals surface area contributed by atoms with Crippen molar-refractivity contribution in [1.82, 2.24) is 0 Å².